The summed E-state index contributed by atoms with van der Waals surface area (Å²) in [6, 6.07) is 13.7. The molecule has 1 unspecified atom stereocenters. The van der Waals surface area contributed by atoms with E-state index in [9.17, 15) is 10.2 Å². The zero-order valence-corrected chi connectivity index (χ0v) is 15.3. The largest absolute Gasteiger partial charge is 0.508 e. The molecule has 1 atom stereocenters. The molecule has 2 aliphatic rings. The fourth-order valence-electron chi connectivity index (χ4n) is 4.17. The standard InChI is InChI=1S/C22H27NO3/c1-16-4-2-3-5-18(16)14-22(25)8-10-23(11-9-22)15-20-12-17-6-7-19(24)13-21(17)26-20/h2-7,13,20,24-25H,8-12,14-15H2,1H3. The van der Waals surface area contributed by atoms with Gasteiger partial charge in [0.15, 0.2) is 0 Å². The molecule has 2 heterocycles. The second-order valence-corrected chi connectivity index (χ2v) is 7.86. The number of hydrogen-bond acceptors (Lipinski definition) is 4. The molecule has 2 aromatic rings. The molecule has 0 radical (unpaired) electrons. The van der Waals surface area contributed by atoms with Crippen LogP contribution in [0.4, 0.5) is 0 Å². The number of hydrogen-bond donors (Lipinski definition) is 2. The van der Waals surface area contributed by atoms with Gasteiger partial charge in [-0.25, -0.2) is 0 Å². The Balaban J connectivity index is 1.31. The van der Waals surface area contributed by atoms with E-state index in [1.807, 2.05) is 18.2 Å². The number of phenolic OH excluding ortho intramolecular Hbond substituents is 1. The van der Waals surface area contributed by atoms with Crippen LogP contribution in [-0.4, -0.2) is 46.5 Å². The minimum absolute atomic E-state index is 0.134. The molecule has 2 aromatic carbocycles. The molecule has 4 rings (SSSR count). The van der Waals surface area contributed by atoms with Gasteiger partial charge in [-0.15, -0.1) is 0 Å². The first kappa shape index (κ1) is 17.4. The average Bonchev–Trinajstić information content (AvgIpc) is 3.01. The molecule has 2 N–H and O–H groups in total. The van der Waals surface area contributed by atoms with Gasteiger partial charge in [0.2, 0.25) is 0 Å². The number of fused-ring (bicyclic) bond motifs is 1. The highest BCUT2D eigenvalue weighted by molar-refractivity contribution is 5.43. The number of ether oxygens (including phenoxy) is 1. The van der Waals surface area contributed by atoms with Crippen molar-refractivity contribution >= 4 is 0 Å². The topological polar surface area (TPSA) is 52.9 Å². The lowest BCUT2D eigenvalue weighted by atomic mass is 9.84. The number of rotatable bonds is 4. The highest BCUT2D eigenvalue weighted by Crippen LogP contribution is 2.33. The highest BCUT2D eigenvalue weighted by Gasteiger charge is 2.34. The quantitative estimate of drug-likeness (QED) is 0.887. The molecule has 4 nitrogen and oxygen atoms in total. The molecule has 0 spiro atoms. The third-order valence-corrected chi connectivity index (χ3v) is 5.82. The minimum atomic E-state index is -0.603. The number of likely N-dealkylation sites (tertiary alicyclic amines) is 1. The van der Waals surface area contributed by atoms with E-state index in [1.54, 1.807) is 12.1 Å². The second-order valence-electron chi connectivity index (χ2n) is 7.86. The van der Waals surface area contributed by atoms with Crippen LogP contribution in [0.2, 0.25) is 0 Å². The third-order valence-electron chi connectivity index (χ3n) is 5.82. The van der Waals surface area contributed by atoms with Crippen molar-refractivity contribution in [1.82, 2.24) is 4.90 Å². The number of aryl methyl sites for hydroxylation is 1. The lowest BCUT2D eigenvalue weighted by molar-refractivity contribution is -0.0266. The summed E-state index contributed by atoms with van der Waals surface area (Å²) in [6.45, 7) is 4.77. The number of piperidine rings is 1. The van der Waals surface area contributed by atoms with Gasteiger partial charge >= 0.3 is 0 Å². The molecular weight excluding hydrogens is 326 g/mol. The summed E-state index contributed by atoms with van der Waals surface area (Å²) in [5.74, 6) is 1.06. The van der Waals surface area contributed by atoms with Gasteiger partial charge in [0.05, 0.1) is 5.60 Å². The maximum Gasteiger partial charge on any atom is 0.126 e. The van der Waals surface area contributed by atoms with E-state index in [4.69, 9.17) is 4.74 Å². The Kier molecular flexibility index (Phi) is 4.63. The SMILES string of the molecule is Cc1ccccc1CC1(O)CCN(CC2Cc3ccc(O)cc3O2)CC1. The Hall–Kier alpha value is -2.04. The first-order valence-electron chi connectivity index (χ1n) is 9.49. The summed E-state index contributed by atoms with van der Waals surface area (Å²) < 4.78 is 5.99. The van der Waals surface area contributed by atoms with E-state index < -0.39 is 5.60 Å². The molecular formula is C22H27NO3. The van der Waals surface area contributed by atoms with Crippen molar-refractivity contribution < 1.29 is 14.9 Å². The molecule has 138 valence electrons. The average molecular weight is 353 g/mol. The fourth-order valence-corrected chi connectivity index (χ4v) is 4.17. The van der Waals surface area contributed by atoms with E-state index in [0.29, 0.717) is 0 Å². The van der Waals surface area contributed by atoms with Crippen LogP contribution in [0.5, 0.6) is 11.5 Å². The summed E-state index contributed by atoms with van der Waals surface area (Å²) >= 11 is 0. The zero-order valence-electron chi connectivity index (χ0n) is 15.3. The van der Waals surface area contributed by atoms with Crippen LogP contribution >= 0.6 is 0 Å². The Bertz CT molecular complexity index is 781. The number of aromatic hydroxyl groups is 1. The summed E-state index contributed by atoms with van der Waals surface area (Å²) in [7, 11) is 0. The summed E-state index contributed by atoms with van der Waals surface area (Å²) in [5, 5.41) is 20.6. The second kappa shape index (κ2) is 6.93. The molecule has 1 fully saturated rings. The Morgan fingerprint density at radius 1 is 1.15 bits per heavy atom. The Morgan fingerprint density at radius 2 is 1.92 bits per heavy atom. The van der Waals surface area contributed by atoms with E-state index in [0.717, 1.165) is 51.1 Å². The molecule has 1 saturated heterocycles. The Labute approximate surface area is 155 Å². The van der Waals surface area contributed by atoms with Crippen molar-refractivity contribution in [3.63, 3.8) is 0 Å². The van der Waals surface area contributed by atoms with Crippen LogP contribution in [0.15, 0.2) is 42.5 Å². The summed E-state index contributed by atoms with van der Waals surface area (Å²) in [4.78, 5) is 2.39. The smallest absolute Gasteiger partial charge is 0.126 e. The van der Waals surface area contributed by atoms with Crippen LogP contribution in [-0.2, 0) is 12.8 Å². The summed E-state index contributed by atoms with van der Waals surface area (Å²) in [6.07, 6.45) is 3.34. The highest BCUT2D eigenvalue weighted by atomic mass is 16.5. The van der Waals surface area contributed by atoms with Gasteiger partial charge in [-0.3, -0.25) is 4.90 Å². The molecule has 0 saturated carbocycles. The fraction of sp³-hybridized carbons (Fsp3) is 0.455. The molecule has 26 heavy (non-hydrogen) atoms. The molecule has 0 bridgehead atoms. The van der Waals surface area contributed by atoms with Crippen molar-refractivity contribution in [2.45, 2.75) is 44.3 Å². The molecule has 2 aliphatic heterocycles. The lowest BCUT2D eigenvalue weighted by Crippen LogP contribution is -2.48. The van der Waals surface area contributed by atoms with Crippen LogP contribution in [0.25, 0.3) is 0 Å². The van der Waals surface area contributed by atoms with Crippen molar-refractivity contribution in [2.75, 3.05) is 19.6 Å². The van der Waals surface area contributed by atoms with Gasteiger partial charge in [0, 0.05) is 38.5 Å². The van der Waals surface area contributed by atoms with E-state index in [1.165, 1.54) is 16.7 Å². The van der Waals surface area contributed by atoms with E-state index in [2.05, 4.69) is 24.0 Å². The van der Waals surface area contributed by atoms with Crippen molar-refractivity contribution in [1.29, 1.82) is 0 Å². The summed E-state index contributed by atoms with van der Waals surface area (Å²) in [5.41, 5.74) is 3.07. The van der Waals surface area contributed by atoms with Gasteiger partial charge in [-0.2, -0.15) is 0 Å². The number of benzene rings is 2. The Morgan fingerprint density at radius 3 is 2.69 bits per heavy atom. The molecule has 4 heteroatoms. The predicted molar refractivity (Wildman–Crippen MR) is 102 cm³/mol. The number of phenols is 1. The van der Waals surface area contributed by atoms with Gasteiger partial charge < -0.3 is 14.9 Å². The van der Waals surface area contributed by atoms with Gasteiger partial charge in [0.25, 0.3) is 0 Å². The van der Waals surface area contributed by atoms with Crippen molar-refractivity contribution in [3.8, 4) is 11.5 Å². The predicted octanol–water partition coefficient (Wildman–Crippen LogP) is 3.07. The zero-order chi connectivity index (χ0) is 18.1. The van der Waals surface area contributed by atoms with Gasteiger partial charge in [0.1, 0.15) is 17.6 Å². The molecule has 0 aliphatic carbocycles. The van der Waals surface area contributed by atoms with Crippen molar-refractivity contribution in [2.24, 2.45) is 0 Å². The minimum Gasteiger partial charge on any atom is -0.508 e. The molecule has 0 amide bonds. The molecule has 0 aromatic heterocycles. The third kappa shape index (κ3) is 3.71. The first-order valence-corrected chi connectivity index (χ1v) is 9.49. The van der Waals surface area contributed by atoms with Crippen LogP contribution < -0.4 is 4.74 Å². The number of nitrogens with zero attached hydrogens (tertiary/aromatic N) is 1. The first-order chi connectivity index (χ1) is 12.5. The normalized spacial score (nSPS) is 22.0. The van der Waals surface area contributed by atoms with Crippen LogP contribution in [0.1, 0.15) is 29.5 Å². The van der Waals surface area contributed by atoms with Crippen LogP contribution in [0.3, 0.4) is 0 Å². The maximum absolute atomic E-state index is 11.0. The van der Waals surface area contributed by atoms with E-state index in [-0.39, 0.29) is 11.9 Å². The number of aliphatic hydroxyl groups is 1. The van der Waals surface area contributed by atoms with Gasteiger partial charge in [-0.05, 0) is 42.5 Å². The maximum atomic E-state index is 11.0. The monoisotopic (exact) mass is 353 g/mol. The van der Waals surface area contributed by atoms with Gasteiger partial charge in [-0.1, -0.05) is 30.3 Å². The lowest BCUT2D eigenvalue weighted by Gasteiger charge is -2.39. The van der Waals surface area contributed by atoms with Crippen molar-refractivity contribution in [3.05, 3.63) is 59.2 Å². The van der Waals surface area contributed by atoms with E-state index >= 15 is 0 Å². The van der Waals surface area contributed by atoms with Crippen LogP contribution in [0, 0.1) is 6.92 Å².